The summed E-state index contributed by atoms with van der Waals surface area (Å²) in [5.74, 6) is -0.247. The van der Waals surface area contributed by atoms with Gasteiger partial charge in [-0.2, -0.15) is 0 Å². The number of hydrogen-bond acceptors (Lipinski definition) is 5. The van der Waals surface area contributed by atoms with E-state index in [4.69, 9.17) is 4.74 Å². The van der Waals surface area contributed by atoms with Crippen LogP contribution < -0.4 is 15.4 Å². The van der Waals surface area contributed by atoms with Crippen molar-refractivity contribution in [1.29, 1.82) is 0 Å². The van der Waals surface area contributed by atoms with Gasteiger partial charge < -0.3 is 15.4 Å². The molecule has 1 aromatic rings. The molecule has 2 rings (SSSR count). The Balaban J connectivity index is 0.00000312. The number of halogens is 1. The minimum absolute atomic E-state index is 0. The lowest BCUT2D eigenvalue weighted by molar-refractivity contribution is 0.0925. The van der Waals surface area contributed by atoms with Crippen molar-refractivity contribution in [2.45, 2.75) is 36.7 Å². The smallest absolute Gasteiger partial charge is 0.251 e. The lowest BCUT2D eigenvalue weighted by Gasteiger charge is -2.28. The lowest BCUT2D eigenvalue weighted by Crippen LogP contribution is -2.46. The number of nitrogens with one attached hydrogen (secondary N) is 3. The summed E-state index contributed by atoms with van der Waals surface area (Å²) in [6.45, 7) is 3.41. The van der Waals surface area contributed by atoms with Crippen LogP contribution >= 0.6 is 12.4 Å². The number of ether oxygens (including phenoxy) is 1. The van der Waals surface area contributed by atoms with Crippen molar-refractivity contribution in [3.8, 4) is 0 Å². The summed E-state index contributed by atoms with van der Waals surface area (Å²) in [5, 5.41) is 6.31. The molecular weight excluding hydrogens is 366 g/mol. The van der Waals surface area contributed by atoms with Gasteiger partial charge in [0.1, 0.15) is 0 Å². The van der Waals surface area contributed by atoms with Crippen LogP contribution in [-0.2, 0) is 14.8 Å². The fourth-order valence-electron chi connectivity index (χ4n) is 2.70. The first-order valence-electron chi connectivity index (χ1n) is 8.05. The zero-order valence-corrected chi connectivity index (χ0v) is 16.1. The summed E-state index contributed by atoms with van der Waals surface area (Å²) in [7, 11) is -2.15. The molecule has 25 heavy (non-hydrogen) atoms. The number of carbonyl (C=O) groups is 1. The zero-order valence-electron chi connectivity index (χ0n) is 14.4. The summed E-state index contributed by atoms with van der Waals surface area (Å²) < 4.78 is 31.7. The van der Waals surface area contributed by atoms with Crippen molar-refractivity contribution in [2.75, 3.05) is 26.8 Å². The van der Waals surface area contributed by atoms with Crippen LogP contribution in [0.2, 0.25) is 0 Å². The molecule has 7 nitrogen and oxygen atoms in total. The average molecular weight is 392 g/mol. The van der Waals surface area contributed by atoms with Gasteiger partial charge in [-0.1, -0.05) is 6.07 Å². The molecule has 9 heteroatoms. The van der Waals surface area contributed by atoms with Crippen LogP contribution in [0.1, 0.15) is 30.1 Å². The van der Waals surface area contributed by atoms with Gasteiger partial charge in [0, 0.05) is 31.3 Å². The molecule has 0 spiro atoms. The van der Waals surface area contributed by atoms with E-state index in [1.54, 1.807) is 12.1 Å². The van der Waals surface area contributed by atoms with Gasteiger partial charge in [-0.15, -0.1) is 12.4 Å². The summed E-state index contributed by atoms with van der Waals surface area (Å²) >= 11 is 0. The topological polar surface area (TPSA) is 96.5 Å². The first kappa shape index (κ1) is 21.9. The average Bonchev–Trinajstić information content (AvgIpc) is 2.55. The largest absolute Gasteiger partial charge is 0.383 e. The molecule has 142 valence electrons. The molecule has 1 fully saturated rings. The maximum absolute atomic E-state index is 12.4. The van der Waals surface area contributed by atoms with Crippen LogP contribution in [0.3, 0.4) is 0 Å². The molecule has 1 saturated heterocycles. The van der Waals surface area contributed by atoms with Crippen molar-refractivity contribution in [3.63, 3.8) is 0 Å². The fourth-order valence-corrected chi connectivity index (χ4v) is 3.76. The van der Waals surface area contributed by atoms with Gasteiger partial charge in [-0.05, 0) is 44.5 Å². The molecule has 1 aliphatic heterocycles. The third-order valence-corrected chi connectivity index (χ3v) is 5.42. The Hall–Kier alpha value is -1.19. The first-order valence-corrected chi connectivity index (χ1v) is 9.53. The first-order chi connectivity index (χ1) is 11.4. The second kappa shape index (κ2) is 10.1. The van der Waals surface area contributed by atoms with E-state index in [0.717, 1.165) is 19.4 Å². The molecule has 0 bridgehead atoms. The number of methoxy groups -OCH3 is 1. The van der Waals surface area contributed by atoms with Gasteiger partial charge in [0.05, 0.1) is 11.5 Å². The number of carbonyl (C=O) groups excluding carboxylic acids is 1. The number of sulfonamides is 1. The van der Waals surface area contributed by atoms with Crippen LogP contribution in [0.5, 0.6) is 0 Å². The highest BCUT2D eigenvalue weighted by Crippen LogP contribution is 2.13. The molecular formula is C16H26ClN3O4S. The van der Waals surface area contributed by atoms with Gasteiger partial charge in [0.2, 0.25) is 10.0 Å². The van der Waals surface area contributed by atoms with Crippen LogP contribution in [0.4, 0.5) is 0 Å². The number of piperidine rings is 1. The maximum atomic E-state index is 12.4. The minimum Gasteiger partial charge on any atom is -0.383 e. The molecule has 1 aliphatic rings. The van der Waals surface area contributed by atoms with Gasteiger partial charge in [-0.25, -0.2) is 13.1 Å². The van der Waals surface area contributed by atoms with Crippen LogP contribution in [0.25, 0.3) is 0 Å². The third kappa shape index (κ3) is 6.56. The van der Waals surface area contributed by atoms with Gasteiger partial charge in [0.25, 0.3) is 5.91 Å². The molecule has 3 N–H and O–H groups in total. The molecule has 2 unspecified atom stereocenters. The highest BCUT2D eigenvalue weighted by Gasteiger charge is 2.21. The Labute approximate surface area is 155 Å². The van der Waals surface area contributed by atoms with Crippen LogP contribution in [0.15, 0.2) is 29.2 Å². The maximum Gasteiger partial charge on any atom is 0.251 e. The number of hydrogen-bond donors (Lipinski definition) is 3. The highest BCUT2D eigenvalue weighted by molar-refractivity contribution is 7.89. The Morgan fingerprint density at radius 2 is 2.16 bits per heavy atom. The van der Waals surface area contributed by atoms with Crippen molar-refractivity contribution in [2.24, 2.45) is 0 Å². The van der Waals surface area contributed by atoms with E-state index in [1.807, 2.05) is 0 Å². The Morgan fingerprint density at radius 1 is 1.40 bits per heavy atom. The predicted octanol–water partition coefficient (Wildman–Crippen LogP) is 0.903. The Morgan fingerprint density at radius 3 is 2.84 bits per heavy atom. The van der Waals surface area contributed by atoms with E-state index < -0.39 is 10.0 Å². The SMILES string of the molecule is COCCNS(=O)(=O)c1cccc(C(=O)NC2CCNC(C)C2)c1.Cl. The molecule has 1 heterocycles. The summed E-state index contributed by atoms with van der Waals surface area (Å²) in [6, 6.07) is 6.53. The second-order valence-corrected chi connectivity index (χ2v) is 7.74. The lowest BCUT2D eigenvalue weighted by atomic mass is 10.0. The summed E-state index contributed by atoms with van der Waals surface area (Å²) in [5.41, 5.74) is 0.343. The van der Waals surface area contributed by atoms with Crippen LogP contribution in [0, 0.1) is 0 Å². The van der Waals surface area contributed by atoms with Crippen molar-refractivity contribution >= 4 is 28.3 Å². The fraction of sp³-hybridized carbons (Fsp3) is 0.562. The van der Waals surface area contributed by atoms with Crippen molar-refractivity contribution < 1.29 is 17.9 Å². The van der Waals surface area contributed by atoms with Gasteiger partial charge >= 0.3 is 0 Å². The zero-order chi connectivity index (χ0) is 17.6. The quantitative estimate of drug-likeness (QED) is 0.600. The Kier molecular flexibility index (Phi) is 8.81. The standard InChI is InChI=1S/C16H25N3O4S.ClH/c1-12-10-14(6-7-17-12)19-16(20)13-4-3-5-15(11-13)24(21,22)18-8-9-23-2;/h3-5,11-12,14,17-18H,6-10H2,1-2H3,(H,19,20);1H. The molecule has 1 amide bonds. The van der Waals surface area contributed by atoms with E-state index in [1.165, 1.54) is 19.2 Å². The van der Waals surface area contributed by atoms with Crippen molar-refractivity contribution in [1.82, 2.24) is 15.4 Å². The predicted molar refractivity (Wildman–Crippen MR) is 98.7 cm³/mol. The van der Waals surface area contributed by atoms with Crippen molar-refractivity contribution in [3.05, 3.63) is 29.8 Å². The van der Waals surface area contributed by atoms with E-state index in [-0.39, 0.29) is 42.4 Å². The summed E-state index contributed by atoms with van der Waals surface area (Å²) in [4.78, 5) is 12.5. The molecule has 1 aromatic carbocycles. The van der Waals surface area contributed by atoms with E-state index >= 15 is 0 Å². The molecule has 0 aliphatic carbocycles. The molecule has 0 radical (unpaired) electrons. The second-order valence-electron chi connectivity index (χ2n) is 5.97. The molecule has 2 atom stereocenters. The van der Waals surface area contributed by atoms with E-state index in [2.05, 4.69) is 22.3 Å². The van der Waals surface area contributed by atoms with E-state index in [9.17, 15) is 13.2 Å². The Bertz CT molecular complexity index is 669. The van der Waals surface area contributed by atoms with E-state index in [0.29, 0.717) is 11.6 Å². The molecule has 0 saturated carbocycles. The number of rotatable bonds is 7. The van der Waals surface area contributed by atoms with Gasteiger partial charge in [-0.3, -0.25) is 4.79 Å². The third-order valence-electron chi connectivity index (χ3n) is 3.96. The molecule has 0 aromatic heterocycles. The number of benzene rings is 1. The van der Waals surface area contributed by atoms with Gasteiger partial charge in [0.15, 0.2) is 0 Å². The van der Waals surface area contributed by atoms with Crippen LogP contribution in [-0.4, -0.2) is 53.2 Å². The normalized spacial score (nSPS) is 20.6. The number of amides is 1. The summed E-state index contributed by atoms with van der Waals surface area (Å²) in [6.07, 6.45) is 1.73. The highest BCUT2D eigenvalue weighted by atomic mass is 35.5. The minimum atomic E-state index is -3.65. The monoisotopic (exact) mass is 391 g/mol.